The van der Waals surface area contributed by atoms with E-state index in [-0.39, 0.29) is 0 Å². The van der Waals surface area contributed by atoms with Gasteiger partial charge >= 0.3 is 0 Å². The van der Waals surface area contributed by atoms with Crippen molar-refractivity contribution >= 4 is 6.21 Å². The first-order valence-electron chi connectivity index (χ1n) is 5.82. The van der Waals surface area contributed by atoms with Gasteiger partial charge in [0.05, 0.1) is 6.04 Å². The van der Waals surface area contributed by atoms with E-state index in [0.29, 0.717) is 12.0 Å². The third-order valence-electron chi connectivity index (χ3n) is 2.03. The molecule has 0 bridgehead atoms. The largest absolute Gasteiger partial charge is 0.294 e. The minimum Gasteiger partial charge on any atom is -0.294 e. The Morgan fingerprint density at radius 3 is 2.27 bits per heavy atom. The van der Waals surface area contributed by atoms with Crippen LogP contribution < -0.4 is 0 Å². The molecule has 0 amide bonds. The first kappa shape index (κ1) is 13.9. The van der Waals surface area contributed by atoms with Gasteiger partial charge in [-0.15, -0.1) is 0 Å². The molecule has 1 nitrogen and oxygen atoms in total. The lowest BCUT2D eigenvalue weighted by atomic mass is 10.3. The predicted octanol–water partition coefficient (Wildman–Crippen LogP) is 4.18. The highest BCUT2D eigenvalue weighted by Gasteiger charge is 2.33. The van der Waals surface area contributed by atoms with E-state index >= 15 is 0 Å². The molecule has 0 heterocycles. The molecular weight excluding hydrogens is 182 g/mol. The van der Waals surface area contributed by atoms with Gasteiger partial charge in [-0.2, -0.15) is 0 Å². The van der Waals surface area contributed by atoms with Crippen LogP contribution in [0, 0.1) is 5.92 Å². The zero-order valence-corrected chi connectivity index (χ0v) is 10.4. The van der Waals surface area contributed by atoms with Gasteiger partial charge in [0.1, 0.15) is 0 Å². The second-order valence-electron chi connectivity index (χ2n) is 3.17. The number of allylic oxidation sites excluding steroid dienone is 5. The maximum Gasteiger partial charge on any atom is 0.0565 e. The number of aliphatic imine (C=N–C) groups is 1. The first-order valence-corrected chi connectivity index (χ1v) is 5.82. The Morgan fingerprint density at radius 2 is 1.67 bits per heavy atom. The average molecular weight is 205 g/mol. The third kappa shape index (κ3) is 6.89. The summed E-state index contributed by atoms with van der Waals surface area (Å²) in [5, 5.41) is 0. The average Bonchev–Trinajstić information content (AvgIpc) is 3.00. The fourth-order valence-corrected chi connectivity index (χ4v) is 1.22. The predicted molar refractivity (Wildman–Crippen MR) is 70.5 cm³/mol. The van der Waals surface area contributed by atoms with Crippen molar-refractivity contribution in [3.63, 3.8) is 0 Å². The van der Waals surface area contributed by atoms with E-state index in [0.717, 1.165) is 0 Å². The Kier molecular flexibility index (Phi) is 8.75. The van der Waals surface area contributed by atoms with Crippen LogP contribution in [-0.2, 0) is 0 Å². The Bertz CT molecular complexity index is 246. The highest BCUT2D eigenvalue weighted by atomic mass is 14.8. The van der Waals surface area contributed by atoms with Crippen LogP contribution in [0.1, 0.15) is 34.1 Å². The van der Waals surface area contributed by atoms with E-state index in [2.05, 4.69) is 23.2 Å². The molecule has 1 aliphatic carbocycles. The lowest BCUT2D eigenvalue weighted by Gasteiger charge is -1.82. The minimum absolute atomic E-state index is 0.566. The Morgan fingerprint density at radius 1 is 1.00 bits per heavy atom. The summed E-state index contributed by atoms with van der Waals surface area (Å²) in [7, 11) is 0. The molecule has 1 rings (SSSR count). The summed E-state index contributed by atoms with van der Waals surface area (Å²) in [6.45, 7) is 7.99. The Hall–Kier alpha value is -1.11. The van der Waals surface area contributed by atoms with Crippen molar-refractivity contribution in [3.8, 4) is 0 Å². The molecule has 0 N–H and O–H groups in total. The molecule has 2 unspecified atom stereocenters. The smallest absolute Gasteiger partial charge is 0.0565 e. The monoisotopic (exact) mass is 205 g/mol. The van der Waals surface area contributed by atoms with Crippen LogP contribution in [0.15, 0.2) is 41.4 Å². The van der Waals surface area contributed by atoms with Crippen molar-refractivity contribution in [2.75, 3.05) is 0 Å². The second kappa shape index (κ2) is 9.45. The van der Waals surface area contributed by atoms with Crippen LogP contribution >= 0.6 is 0 Å². The van der Waals surface area contributed by atoms with Gasteiger partial charge in [0, 0.05) is 5.92 Å². The second-order valence-corrected chi connectivity index (χ2v) is 3.17. The van der Waals surface area contributed by atoms with Gasteiger partial charge in [-0.3, -0.25) is 4.99 Å². The van der Waals surface area contributed by atoms with Gasteiger partial charge in [0.2, 0.25) is 0 Å². The van der Waals surface area contributed by atoms with Crippen molar-refractivity contribution in [1.82, 2.24) is 0 Å². The summed E-state index contributed by atoms with van der Waals surface area (Å²) < 4.78 is 0. The van der Waals surface area contributed by atoms with Gasteiger partial charge in [-0.25, -0.2) is 0 Å². The SMILES string of the molecule is CC.CC=NC1CC1\C=C/C=C/C=C/C. The molecule has 0 spiro atoms. The summed E-state index contributed by atoms with van der Waals surface area (Å²) in [5.41, 5.74) is 0. The fraction of sp³-hybridized carbons (Fsp3) is 0.500. The van der Waals surface area contributed by atoms with Crippen LogP contribution in [0.3, 0.4) is 0 Å². The quantitative estimate of drug-likeness (QED) is 0.482. The van der Waals surface area contributed by atoms with Crippen molar-refractivity contribution < 1.29 is 0 Å². The number of hydrogen-bond donors (Lipinski definition) is 0. The van der Waals surface area contributed by atoms with Crippen LogP contribution in [0.5, 0.6) is 0 Å². The molecule has 0 aromatic carbocycles. The van der Waals surface area contributed by atoms with E-state index in [9.17, 15) is 0 Å². The summed E-state index contributed by atoms with van der Waals surface area (Å²) in [6, 6.07) is 0.566. The lowest BCUT2D eigenvalue weighted by Crippen LogP contribution is -1.78. The summed E-state index contributed by atoms with van der Waals surface area (Å²) in [5.74, 6) is 0.687. The molecule has 1 saturated carbocycles. The molecule has 0 aromatic heterocycles. The molecule has 0 radical (unpaired) electrons. The summed E-state index contributed by atoms with van der Waals surface area (Å²) in [6.07, 6.45) is 15.6. The van der Waals surface area contributed by atoms with Crippen molar-refractivity contribution in [1.29, 1.82) is 0 Å². The van der Waals surface area contributed by atoms with Gasteiger partial charge in [0.15, 0.2) is 0 Å². The van der Waals surface area contributed by atoms with Gasteiger partial charge < -0.3 is 0 Å². The van der Waals surface area contributed by atoms with Crippen LogP contribution in [0.25, 0.3) is 0 Å². The molecule has 1 fully saturated rings. The summed E-state index contributed by atoms with van der Waals surface area (Å²) >= 11 is 0. The zero-order chi connectivity index (χ0) is 11.5. The first-order chi connectivity index (χ1) is 7.38. The highest BCUT2D eigenvalue weighted by Crippen LogP contribution is 2.34. The molecule has 15 heavy (non-hydrogen) atoms. The number of rotatable bonds is 4. The van der Waals surface area contributed by atoms with E-state index in [1.54, 1.807) is 0 Å². The Balaban J connectivity index is 0.000000921. The maximum absolute atomic E-state index is 4.32. The molecule has 0 aliphatic heterocycles. The molecule has 0 aromatic rings. The van der Waals surface area contributed by atoms with E-state index < -0.39 is 0 Å². The maximum atomic E-state index is 4.32. The molecule has 84 valence electrons. The molecule has 1 heteroatoms. The minimum atomic E-state index is 0.566. The number of nitrogens with zero attached hydrogens (tertiary/aromatic N) is 1. The lowest BCUT2D eigenvalue weighted by molar-refractivity contribution is 0.980. The van der Waals surface area contributed by atoms with E-state index in [4.69, 9.17) is 0 Å². The molecular formula is C14H23N. The van der Waals surface area contributed by atoms with Crippen molar-refractivity contribution in [2.45, 2.75) is 40.2 Å². The third-order valence-corrected chi connectivity index (χ3v) is 2.03. The van der Waals surface area contributed by atoms with Crippen LogP contribution in [0.2, 0.25) is 0 Å². The van der Waals surface area contributed by atoms with Crippen molar-refractivity contribution in [2.24, 2.45) is 10.9 Å². The van der Waals surface area contributed by atoms with E-state index in [1.807, 2.05) is 52.1 Å². The summed E-state index contributed by atoms with van der Waals surface area (Å²) in [4.78, 5) is 4.32. The normalized spacial score (nSPS) is 25.3. The Labute approximate surface area is 94.3 Å². The van der Waals surface area contributed by atoms with Crippen LogP contribution in [0.4, 0.5) is 0 Å². The van der Waals surface area contributed by atoms with E-state index in [1.165, 1.54) is 6.42 Å². The van der Waals surface area contributed by atoms with Gasteiger partial charge in [-0.05, 0) is 26.5 Å². The van der Waals surface area contributed by atoms with Gasteiger partial charge in [0.25, 0.3) is 0 Å². The standard InChI is InChI=1S/C12H17N.C2H6/c1-3-5-6-7-8-9-11-10-12(11)13-4-2;1-2/h3-9,11-12H,10H2,1-2H3;1-2H3/b5-3+,7-6+,9-8-,13-4?;. The fourth-order valence-electron chi connectivity index (χ4n) is 1.22. The van der Waals surface area contributed by atoms with Crippen molar-refractivity contribution in [3.05, 3.63) is 36.5 Å². The molecule has 1 aliphatic rings. The highest BCUT2D eigenvalue weighted by molar-refractivity contribution is 5.54. The van der Waals surface area contributed by atoms with Gasteiger partial charge in [-0.1, -0.05) is 50.3 Å². The zero-order valence-electron chi connectivity index (χ0n) is 10.4. The number of hydrogen-bond acceptors (Lipinski definition) is 1. The van der Waals surface area contributed by atoms with Crippen LogP contribution in [-0.4, -0.2) is 12.3 Å². The topological polar surface area (TPSA) is 12.4 Å². The molecule has 0 saturated heterocycles. The molecule has 2 atom stereocenters.